The van der Waals surface area contributed by atoms with E-state index in [1.54, 1.807) is 29.2 Å². The van der Waals surface area contributed by atoms with Gasteiger partial charge < -0.3 is 0 Å². The minimum Gasteiger partial charge on any atom is -0.284 e. The number of thiazole rings is 1. The summed E-state index contributed by atoms with van der Waals surface area (Å²) in [5.74, 6) is -1.06. The van der Waals surface area contributed by atoms with E-state index in [1.807, 2.05) is 50.2 Å². The molecule has 1 aliphatic rings. The van der Waals surface area contributed by atoms with E-state index in [4.69, 9.17) is 0 Å². The molecule has 0 N–H and O–H groups in total. The highest BCUT2D eigenvalue weighted by molar-refractivity contribution is 7.22. The Bertz CT molecular complexity index is 1380. The third-order valence-electron chi connectivity index (χ3n) is 5.56. The summed E-state index contributed by atoms with van der Waals surface area (Å²) in [6, 6.07) is 19.7. The number of hydrogen-bond acceptors (Lipinski definition) is 5. The van der Waals surface area contributed by atoms with Gasteiger partial charge in [0.15, 0.2) is 5.13 Å². The lowest BCUT2D eigenvalue weighted by atomic mass is 10.0. The number of anilines is 2. The molecule has 3 aromatic carbocycles. The van der Waals surface area contributed by atoms with Crippen LogP contribution in [0.15, 0.2) is 66.7 Å². The molecule has 0 saturated heterocycles. The van der Waals surface area contributed by atoms with Crippen LogP contribution in [0.2, 0.25) is 0 Å². The molecule has 0 spiro atoms. The molecule has 158 valence electrons. The topological polar surface area (TPSA) is 70.6 Å². The second-order valence-electron chi connectivity index (χ2n) is 7.51. The number of nitrogens with zero attached hydrogens (tertiary/aromatic N) is 3. The van der Waals surface area contributed by atoms with Crippen molar-refractivity contribution in [3.8, 4) is 0 Å². The van der Waals surface area contributed by atoms with Gasteiger partial charge in [-0.3, -0.25) is 19.3 Å². The number of benzene rings is 3. The average Bonchev–Trinajstić information content (AvgIpc) is 3.33. The van der Waals surface area contributed by atoms with Crippen LogP contribution in [0, 0.1) is 6.92 Å². The molecule has 3 amide bonds. The summed E-state index contributed by atoms with van der Waals surface area (Å²) >= 11 is 1.44. The van der Waals surface area contributed by atoms with Crippen LogP contribution in [-0.4, -0.2) is 29.3 Å². The first-order valence-corrected chi connectivity index (χ1v) is 11.1. The van der Waals surface area contributed by atoms with E-state index in [0.29, 0.717) is 28.5 Å². The van der Waals surface area contributed by atoms with Gasteiger partial charge >= 0.3 is 0 Å². The Morgan fingerprint density at radius 2 is 1.69 bits per heavy atom. The van der Waals surface area contributed by atoms with Crippen LogP contribution in [0.25, 0.3) is 10.2 Å². The van der Waals surface area contributed by atoms with Crippen molar-refractivity contribution in [2.45, 2.75) is 13.8 Å². The predicted molar refractivity (Wildman–Crippen MR) is 126 cm³/mol. The molecular formula is C25H19N3O3S. The Kier molecular flexibility index (Phi) is 4.83. The fourth-order valence-electron chi connectivity index (χ4n) is 3.90. The molecule has 7 heteroatoms. The highest BCUT2D eigenvalue weighted by Crippen LogP contribution is 2.33. The maximum atomic E-state index is 13.3. The van der Waals surface area contributed by atoms with E-state index < -0.39 is 5.91 Å². The van der Waals surface area contributed by atoms with Crippen LogP contribution in [0.3, 0.4) is 0 Å². The zero-order valence-electron chi connectivity index (χ0n) is 17.5. The third kappa shape index (κ3) is 3.09. The molecule has 0 bridgehead atoms. The van der Waals surface area contributed by atoms with Gasteiger partial charge in [-0.2, -0.15) is 0 Å². The van der Waals surface area contributed by atoms with E-state index in [9.17, 15) is 14.4 Å². The van der Waals surface area contributed by atoms with Gasteiger partial charge in [-0.25, -0.2) is 9.88 Å². The van der Waals surface area contributed by atoms with Gasteiger partial charge in [0.05, 0.1) is 27.0 Å². The summed E-state index contributed by atoms with van der Waals surface area (Å²) in [6.45, 7) is 4.16. The monoisotopic (exact) mass is 441 g/mol. The molecular weight excluding hydrogens is 422 g/mol. The van der Waals surface area contributed by atoms with Gasteiger partial charge in [-0.15, -0.1) is 0 Å². The molecule has 1 aliphatic heterocycles. The second-order valence-corrected chi connectivity index (χ2v) is 8.52. The Labute approximate surface area is 188 Å². The molecule has 5 rings (SSSR count). The molecule has 4 aromatic rings. The molecule has 0 saturated carbocycles. The van der Waals surface area contributed by atoms with E-state index in [1.165, 1.54) is 22.3 Å². The van der Waals surface area contributed by atoms with Gasteiger partial charge in [-0.05, 0) is 55.8 Å². The van der Waals surface area contributed by atoms with E-state index in [0.717, 1.165) is 15.8 Å². The normalized spacial score (nSPS) is 13.0. The predicted octanol–water partition coefficient (Wildman–Crippen LogP) is 5.07. The minimum absolute atomic E-state index is 0.240. The van der Waals surface area contributed by atoms with Crippen molar-refractivity contribution >= 4 is 50.1 Å². The van der Waals surface area contributed by atoms with Crippen molar-refractivity contribution in [1.29, 1.82) is 0 Å². The number of carbonyl (C=O) groups is 3. The first-order valence-electron chi connectivity index (χ1n) is 10.3. The average molecular weight is 442 g/mol. The summed E-state index contributed by atoms with van der Waals surface area (Å²) in [6.07, 6.45) is 0. The number of para-hydroxylation sites is 2. The Balaban J connectivity index is 1.50. The summed E-state index contributed by atoms with van der Waals surface area (Å²) in [5.41, 5.74) is 3.10. The van der Waals surface area contributed by atoms with Gasteiger partial charge in [0, 0.05) is 12.1 Å². The number of rotatable bonds is 4. The number of fused-ring (bicyclic) bond motifs is 2. The lowest BCUT2D eigenvalue weighted by molar-refractivity contribution is 0.0924. The van der Waals surface area contributed by atoms with Gasteiger partial charge in [0.2, 0.25) is 0 Å². The molecule has 0 fully saturated rings. The molecule has 0 unspecified atom stereocenters. The number of hydrogen-bond donors (Lipinski definition) is 0. The van der Waals surface area contributed by atoms with Crippen LogP contribution in [0.5, 0.6) is 0 Å². The zero-order chi connectivity index (χ0) is 22.4. The quantitative estimate of drug-likeness (QED) is 0.415. The van der Waals surface area contributed by atoms with Crippen molar-refractivity contribution in [3.05, 3.63) is 89.0 Å². The van der Waals surface area contributed by atoms with Gasteiger partial charge in [-0.1, -0.05) is 41.7 Å². The number of imide groups is 1. The summed E-state index contributed by atoms with van der Waals surface area (Å²) in [7, 11) is 0. The van der Waals surface area contributed by atoms with Crippen LogP contribution in [0.1, 0.15) is 43.6 Å². The van der Waals surface area contributed by atoms with Gasteiger partial charge in [0.1, 0.15) is 0 Å². The molecule has 6 nitrogen and oxygen atoms in total. The fraction of sp³-hybridized carbons (Fsp3) is 0.120. The summed E-state index contributed by atoms with van der Waals surface area (Å²) in [4.78, 5) is 46.8. The first-order chi connectivity index (χ1) is 15.5. The lowest BCUT2D eigenvalue weighted by Gasteiger charge is -2.18. The highest BCUT2D eigenvalue weighted by atomic mass is 32.1. The van der Waals surface area contributed by atoms with Crippen LogP contribution in [0.4, 0.5) is 10.8 Å². The van der Waals surface area contributed by atoms with Crippen LogP contribution < -0.4 is 9.80 Å². The largest absolute Gasteiger partial charge is 0.284 e. The number of aryl methyl sites for hydroxylation is 1. The van der Waals surface area contributed by atoms with Crippen molar-refractivity contribution in [2.75, 3.05) is 16.3 Å². The fourth-order valence-corrected chi connectivity index (χ4v) is 4.93. The minimum atomic E-state index is -0.419. The maximum Gasteiger partial charge on any atom is 0.266 e. The van der Waals surface area contributed by atoms with Crippen LogP contribution >= 0.6 is 11.3 Å². The number of carbonyl (C=O) groups excluding carboxylic acids is 3. The number of aromatic nitrogens is 1. The van der Waals surface area contributed by atoms with Gasteiger partial charge in [0.25, 0.3) is 17.7 Å². The van der Waals surface area contributed by atoms with Crippen molar-refractivity contribution in [1.82, 2.24) is 4.98 Å². The smallest absolute Gasteiger partial charge is 0.266 e. The first kappa shape index (κ1) is 20.1. The molecule has 32 heavy (non-hydrogen) atoms. The standard InChI is InChI=1S/C25H19N3O3S/c1-3-27(25-26-19-9-5-7-11-21(19)32-25)22(29)16-12-13-17-18(14-16)24(31)28(23(17)30)20-10-6-4-8-15(20)2/h4-14H,3H2,1-2H3. The Hall–Kier alpha value is -3.84. The van der Waals surface area contributed by atoms with Crippen LogP contribution in [-0.2, 0) is 0 Å². The van der Waals surface area contributed by atoms with E-state index in [-0.39, 0.29) is 17.4 Å². The van der Waals surface area contributed by atoms with Crippen molar-refractivity contribution in [3.63, 3.8) is 0 Å². The number of amides is 3. The van der Waals surface area contributed by atoms with Crippen molar-refractivity contribution in [2.24, 2.45) is 0 Å². The third-order valence-corrected chi connectivity index (χ3v) is 6.62. The van der Waals surface area contributed by atoms with E-state index in [2.05, 4.69) is 4.98 Å². The molecule has 2 heterocycles. The van der Waals surface area contributed by atoms with Crippen molar-refractivity contribution < 1.29 is 14.4 Å². The molecule has 0 atom stereocenters. The second kappa shape index (κ2) is 7.69. The molecule has 0 radical (unpaired) electrons. The highest BCUT2D eigenvalue weighted by Gasteiger charge is 2.38. The lowest BCUT2D eigenvalue weighted by Crippen LogP contribution is -2.31. The molecule has 0 aliphatic carbocycles. The Morgan fingerprint density at radius 3 is 2.44 bits per heavy atom. The maximum absolute atomic E-state index is 13.3. The Morgan fingerprint density at radius 1 is 0.969 bits per heavy atom. The zero-order valence-corrected chi connectivity index (χ0v) is 18.3. The summed E-state index contributed by atoms with van der Waals surface area (Å²) < 4.78 is 0.998. The molecule has 1 aromatic heterocycles. The van der Waals surface area contributed by atoms with E-state index >= 15 is 0 Å². The SMILES string of the molecule is CCN(C(=O)c1ccc2c(c1)C(=O)N(c1ccccc1C)C2=O)c1nc2ccccc2s1. The summed E-state index contributed by atoms with van der Waals surface area (Å²) in [5, 5.41) is 0.600.